The fourth-order valence-electron chi connectivity index (χ4n) is 2.60. The molecule has 2 aromatic carbocycles. The molecule has 0 bridgehead atoms. The van der Waals surface area contributed by atoms with E-state index in [9.17, 15) is 4.79 Å². The van der Waals surface area contributed by atoms with E-state index < -0.39 is 0 Å². The van der Waals surface area contributed by atoms with Gasteiger partial charge in [-0.2, -0.15) is 5.10 Å². The second-order valence-corrected chi connectivity index (χ2v) is 6.11. The second-order valence-electron chi connectivity index (χ2n) is 6.11. The van der Waals surface area contributed by atoms with E-state index in [1.54, 1.807) is 6.20 Å². The van der Waals surface area contributed by atoms with E-state index in [0.29, 0.717) is 12.1 Å². The molecule has 0 atom stereocenters. The molecule has 5 nitrogen and oxygen atoms in total. The third kappa shape index (κ3) is 4.26. The lowest BCUT2D eigenvalue weighted by Crippen LogP contribution is -2.25. The van der Waals surface area contributed by atoms with Gasteiger partial charge in [0.2, 0.25) is 0 Å². The molecule has 0 aliphatic heterocycles. The van der Waals surface area contributed by atoms with Crippen LogP contribution in [0.15, 0.2) is 60.8 Å². The third-order valence-electron chi connectivity index (χ3n) is 4.11. The topological polar surface area (TPSA) is 61.0 Å². The van der Waals surface area contributed by atoms with Crippen LogP contribution in [0, 0.1) is 0 Å². The second kappa shape index (κ2) is 7.66. The highest BCUT2D eigenvalue weighted by atomic mass is 16.1. The number of aromatic nitrogens is 2. The smallest absolute Gasteiger partial charge is 0.251 e. The van der Waals surface area contributed by atoms with Gasteiger partial charge in [-0.3, -0.25) is 9.89 Å². The Balaban J connectivity index is 1.52. The summed E-state index contributed by atoms with van der Waals surface area (Å²) < 4.78 is 0. The van der Waals surface area contributed by atoms with Crippen molar-refractivity contribution in [2.75, 3.05) is 25.5 Å². The predicted molar refractivity (Wildman–Crippen MR) is 101 cm³/mol. The van der Waals surface area contributed by atoms with Gasteiger partial charge in [-0.1, -0.05) is 24.3 Å². The number of nitrogens with zero attached hydrogens (tertiary/aromatic N) is 2. The number of carbonyl (C=O) groups excluding carboxylic acids is 1. The molecule has 0 aliphatic rings. The zero-order chi connectivity index (χ0) is 17.6. The van der Waals surface area contributed by atoms with E-state index in [-0.39, 0.29) is 5.91 Å². The molecule has 0 radical (unpaired) electrons. The Hall–Kier alpha value is -3.08. The number of rotatable bonds is 6. The molecule has 0 unspecified atom stereocenters. The number of carbonyl (C=O) groups is 1. The number of aromatic amines is 1. The van der Waals surface area contributed by atoms with Gasteiger partial charge >= 0.3 is 0 Å². The van der Waals surface area contributed by atoms with Crippen LogP contribution in [0.1, 0.15) is 15.9 Å². The standard InChI is InChI=1S/C20H22N4O/c1-24(2)18-9-3-15(4-10-18)11-13-21-20(25)17-7-5-16(6-8-17)19-12-14-22-23-19/h3-10,12,14H,11,13H2,1-2H3,(H,21,25)(H,22,23). The van der Waals surface area contributed by atoms with Gasteiger partial charge in [0.05, 0.1) is 5.69 Å². The molecular weight excluding hydrogens is 312 g/mol. The average molecular weight is 334 g/mol. The Kier molecular flexibility index (Phi) is 5.14. The summed E-state index contributed by atoms with van der Waals surface area (Å²) >= 11 is 0. The first-order valence-corrected chi connectivity index (χ1v) is 8.28. The first kappa shape index (κ1) is 16.8. The maximum Gasteiger partial charge on any atom is 0.251 e. The van der Waals surface area contributed by atoms with Crippen molar-refractivity contribution in [3.8, 4) is 11.3 Å². The minimum atomic E-state index is -0.0546. The summed E-state index contributed by atoms with van der Waals surface area (Å²) in [5.41, 5.74) is 4.99. The average Bonchev–Trinajstić information content (AvgIpc) is 3.17. The van der Waals surface area contributed by atoms with E-state index >= 15 is 0 Å². The van der Waals surface area contributed by atoms with Gasteiger partial charge in [-0.25, -0.2) is 0 Å². The van der Waals surface area contributed by atoms with Crippen LogP contribution < -0.4 is 10.2 Å². The number of benzene rings is 2. The van der Waals surface area contributed by atoms with Crippen LogP contribution in [0.4, 0.5) is 5.69 Å². The first-order valence-electron chi connectivity index (χ1n) is 8.28. The van der Waals surface area contributed by atoms with Gasteiger partial charge in [0.1, 0.15) is 0 Å². The largest absolute Gasteiger partial charge is 0.378 e. The Morgan fingerprint density at radius 1 is 1.04 bits per heavy atom. The minimum absolute atomic E-state index is 0.0546. The monoisotopic (exact) mass is 334 g/mol. The first-order chi connectivity index (χ1) is 12.1. The maximum absolute atomic E-state index is 12.2. The van der Waals surface area contributed by atoms with E-state index in [4.69, 9.17) is 0 Å². The summed E-state index contributed by atoms with van der Waals surface area (Å²) in [6.45, 7) is 0.614. The highest BCUT2D eigenvalue weighted by Crippen LogP contribution is 2.16. The van der Waals surface area contributed by atoms with Crippen LogP contribution in [0.25, 0.3) is 11.3 Å². The number of hydrogen-bond donors (Lipinski definition) is 2. The normalized spacial score (nSPS) is 10.5. The summed E-state index contributed by atoms with van der Waals surface area (Å²) in [4.78, 5) is 14.3. The fraction of sp³-hybridized carbons (Fsp3) is 0.200. The van der Waals surface area contributed by atoms with Crippen molar-refractivity contribution in [3.63, 3.8) is 0 Å². The van der Waals surface area contributed by atoms with Gasteiger partial charge in [-0.05, 0) is 47.9 Å². The third-order valence-corrected chi connectivity index (χ3v) is 4.11. The highest BCUT2D eigenvalue weighted by molar-refractivity contribution is 5.94. The molecule has 0 fully saturated rings. The van der Waals surface area contributed by atoms with Crippen LogP contribution in [0.2, 0.25) is 0 Å². The Morgan fingerprint density at radius 3 is 2.36 bits per heavy atom. The molecule has 3 rings (SSSR count). The van der Waals surface area contributed by atoms with Gasteiger partial charge in [-0.15, -0.1) is 0 Å². The van der Waals surface area contributed by atoms with Crippen molar-refractivity contribution in [2.24, 2.45) is 0 Å². The molecule has 128 valence electrons. The van der Waals surface area contributed by atoms with Crippen LogP contribution in [-0.2, 0) is 6.42 Å². The van der Waals surface area contributed by atoms with Crippen LogP contribution in [0.5, 0.6) is 0 Å². The van der Waals surface area contributed by atoms with Gasteiger partial charge < -0.3 is 10.2 Å². The quantitative estimate of drug-likeness (QED) is 0.728. The maximum atomic E-state index is 12.2. The summed E-state index contributed by atoms with van der Waals surface area (Å²) in [6, 6.07) is 17.8. The molecule has 1 aromatic heterocycles. The summed E-state index contributed by atoms with van der Waals surface area (Å²) in [7, 11) is 4.04. The predicted octanol–water partition coefficient (Wildman–Crippen LogP) is 3.12. The Morgan fingerprint density at radius 2 is 1.76 bits per heavy atom. The highest BCUT2D eigenvalue weighted by Gasteiger charge is 2.06. The lowest BCUT2D eigenvalue weighted by molar-refractivity contribution is 0.0954. The van der Waals surface area contributed by atoms with Gasteiger partial charge in [0, 0.05) is 38.1 Å². The number of hydrogen-bond acceptors (Lipinski definition) is 3. The summed E-state index contributed by atoms with van der Waals surface area (Å²) in [6.07, 6.45) is 2.52. The molecule has 0 saturated heterocycles. The van der Waals surface area contributed by atoms with Crippen molar-refractivity contribution < 1.29 is 4.79 Å². The lowest BCUT2D eigenvalue weighted by Gasteiger charge is -2.12. The summed E-state index contributed by atoms with van der Waals surface area (Å²) in [5.74, 6) is -0.0546. The van der Waals surface area contributed by atoms with Crippen LogP contribution >= 0.6 is 0 Å². The van der Waals surface area contributed by atoms with Crippen LogP contribution in [0.3, 0.4) is 0 Å². The SMILES string of the molecule is CN(C)c1ccc(CCNC(=O)c2ccc(-c3ccn[nH]3)cc2)cc1. The van der Waals surface area contributed by atoms with E-state index in [2.05, 4.69) is 44.7 Å². The molecule has 2 N–H and O–H groups in total. The molecule has 0 aliphatic carbocycles. The molecule has 5 heteroatoms. The summed E-state index contributed by atoms with van der Waals surface area (Å²) in [5, 5.41) is 9.81. The van der Waals surface area contributed by atoms with Crippen molar-refractivity contribution in [1.82, 2.24) is 15.5 Å². The lowest BCUT2D eigenvalue weighted by atomic mass is 10.1. The Bertz CT molecular complexity index is 806. The van der Waals surface area contributed by atoms with E-state index in [1.165, 1.54) is 11.3 Å². The van der Waals surface area contributed by atoms with E-state index in [0.717, 1.165) is 17.7 Å². The van der Waals surface area contributed by atoms with Crippen LogP contribution in [-0.4, -0.2) is 36.7 Å². The number of amides is 1. The molecule has 1 heterocycles. The zero-order valence-electron chi connectivity index (χ0n) is 14.5. The van der Waals surface area contributed by atoms with Gasteiger partial charge in [0.25, 0.3) is 5.91 Å². The van der Waals surface area contributed by atoms with Gasteiger partial charge in [0.15, 0.2) is 0 Å². The molecule has 1 amide bonds. The zero-order valence-corrected chi connectivity index (χ0v) is 14.5. The number of H-pyrrole nitrogens is 1. The number of anilines is 1. The molecule has 25 heavy (non-hydrogen) atoms. The Labute approximate surface area is 147 Å². The minimum Gasteiger partial charge on any atom is -0.378 e. The molecular formula is C20H22N4O. The van der Waals surface area contributed by atoms with Crippen molar-refractivity contribution in [3.05, 3.63) is 71.9 Å². The van der Waals surface area contributed by atoms with E-state index in [1.807, 2.05) is 44.4 Å². The molecule has 0 saturated carbocycles. The molecule has 3 aromatic rings. The van der Waals surface area contributed by atoms with Crippen molar-refractivity contribution in [1.29, 1.82) is 0 Å². The fourth-order valence-corrected chi connectivity index (χ4v) is 2.60. The molecule has 0 spiro atoms. The van der Waals surface area contributed by atoms with Crippen molar-refractivity contribution >= 4 is 11.6 Å². The number of nitrogens with one attached hydrogen (secondary N) is 2. The van der Waals surface area contributed by atoms with Crippen molar-refractivity contribution in [2.45, 2.75) is 6.42 Å².